The number of piperidine rings is 1. The molecule has 0 saturated carbocycles. The first-order chi connectivity index (χ1) is 12.6. The Balaban J connectivity index is 1.86. The minimum absolute atomic E-state index is 0.183. The van der Waals surface area contributed by atoms with Gasteiger partial charge in [-0.25, -0.2) is 9.69 Å². The molecule has 1 aromatic carbocycles. The number of para-hydroxylation sites is 1. The van der Waals surface area contributed by atoms with Crippen LogP contribution in [-0.4, -0.2) is 40.3 Å². The molecule has 2 aliphatic rings. The van der Waals surface area contributed by atoms with Gasteiger partial charge in [0, 0.05) is 23.9 Å². The topological polar surface area (TPSA) is 59.1 Å². The largest absolute Gasteiger partial charge is 0.442 e. The van der Waals surface area contributed by atoms with E-state index < -0.39 is 11.7 Å². The first kappa shape index (κ1) is 19.8. The van der Waals surface area contributed by atoms with E-state index in [-0.39, 0.29) is 23.4 Å². The molecule has 0 atom stereocenters. The molecule has 1 aromatic rings. The molecule has 0 radical (unpaired) electrons. The number of nitrogens with zero attached hydrogens (tertiary/aromatic N) is 2. The highest BCUT2D eigenvalue weighted by Gasteiger charge is 2.58. The molecule has 6 nitrogen and oxygen atoms in total. The van der Waals surface area contributed by atoms with Gasteiger partial charge in [0.25, 0.3) is 0 Å². The summed E-state index contributed by atoms with van der Waals surface area (Å²) in [5, 5.41) is 2.02. The highest BCUT2D eigenvalue weighted by molar-refractivity contribution is 6.14. The smallest absolute Gasteiger partial charge is 0.421 e. The molecule has 3 rings (SSSR count). The first-order valence-corrected chi connectivity index (χ1v) is 9.64. The predicted molar refractivity (Wildman–Crippen MR) is 103 cm³/mol. The Morgan fingerprint density at radius 1 is 1.04 bits per heavy atom. The van der Waals surface area contributed by atoms with Crippen molar-refractivity contribution in [1.82, 2.24) is 5.06 Å². The molecule has 6 heteroatoms. The quantitative estimate of drug-likeness (QED) is 0.787. The van der Waals surface area contributed by atoms with Crippen LogP contribution >= 0.6 is 0 Å². The molecule has 2 saturated heterocycles. The summed E-state index contributed by atoms with van der Waals surface area (Å²) in [6.07, 6.45) is 1.61. The van der Waals surface area contributed by atoms with Crippen molar-refractivity contribution < 1.29 is 19.2 Å². The minimum atomic E-state index is -0.807. The van der Waals surface area contributed by atoms with Gasteiger partial charge in [-0.15, -0.1) is 0 Å². The highest BCUT2D eigenvalue weighted by atomic mass is 16.7. The third-order valence-corrected chi connectivity index (χ3v) is 5.26. The van der Waals surface area contributed by atoms with E-state index in [0.717, 1.165) is 11.3 Å². The minimum Gasteiger partial charge on any atom is -0.442 e. The fourth-order valence-electron chi connectivity index (χ4n) is 4.88. The molecule has 1 spiro atoms. The number of rotatable bonds is 4. The number of amides is 2. The number of ether oxygens (including phenoxy) is 1. The Hall–Kier alpha value is -1.92. The van der Waals surface area contributed by atoms with E-state index in [4.69, 9.17) is 9.57 Å². The summed E-state index contributed by atoms with van der Waals surface area (Å²) in [4.78, 5) is 32.9. The van der Waals surface area contributed by atoms with Crippen LogP contribution in [0.5, 0.6) is 0 Å². The van der Waals surface area contributed by atoms with Crippen LogP contribution in [0.2, 0.25) is 0 Å². The van der Waals surface area contributed by atoms with Crippen LogP contribution < -0.4 is 4.90 Å². The molecule has 27 heavy (non-hydrogen) atoms. The van der Waals surface area contributed by atoms with E-state index in [2.05, 4.69) is 34.6 Å². The molecule has 2 amide bonds. The van der Waals surface area contributed by atoms with Gasteiger partial charge in [-0.05, 0) is 46.2 Å². The molecule has 2 aliphatic heterocycles. The molecule has 0 unspecified atom stereocenters. The lowest BCUT2D eigenvalue weighted by Crippen LogP contribution is -2.68. The molecule has 148 valence electrons. The molecular weight excluding hydrogens is 344 g/mol. The van der Waals surface area contributed by atoms with Crippen molar-refractivity contribution in [2.75, 3.05) is 11.5 Å². The van der Waals surface area contributed by atoms with Crippen molar-refractivity contribution in [2.45, 2.75) is 77.0 Å². The summed E-state index contributed by atoms with van der Waals surface area (Å²) < 4.78 is 5.96. The zero-order valence-electron chi connectivity index (χ0n) is 16.9. The number of anilines is 1. The van der Waals surface area contributed by atoms with Gasteiger partial charge in [-0.2, -0.15) is 5.06 Å². The fourth-order valence-corrected chi connectivity index (χ4v) is 4.88. The van der Waals surface area contributed by atoms with Crippen LogP contribution in [0.4, 0.5) is 10.5 Å². The second kappa shape index (κ2) is 6.91. The third-order valence-electron chi connectivity index (χ3n) is 5.26. The summed E-state index contributed by atoms with van der Waals surface area (Å²) in [6.45, 7) is 11.0. The highest BCUT2D eigenvalue weighted by Crippen LogP contribution is 2.48. The normalized spacial score (nSPS) is 24.1. The van der Waals surface area contributed by atoms with Crippen molar-refractivity contribution in [1.29, 1.82) is 0 Å². The standard InChI is InChI=1S/C21H30N2O4/c1-6-12-26-23-19(2,3)14-21(15-20(23,4)5)13-17(24)22(18(25)27-21)16-10-8-7-9-11-16/h7-11H,6,12-15H2,1-5H3. The van der Waals surface area contributed by atoms with Crippen LogP contribution in [0.1, 0.15) is 60.3 Å². The van der Waals surface area contributed by atoms with Gasteiger partial charge in [0.2, 0.25) is 5.91 Å². The van der Waals surface area contributed by atoms with Crippen LogP contribution in [0.15, 0.2) is 30.3 Å². The number of imide groups is 1. The third kappa shape index (κ3) is 3.73. The van der Waals surface area contributed by atoms with Gasteiger partial charge in [0.15, 0.2) is 0 Å². The second-order valence-corrected chi connectivity index (χ2v) is 8.90. The predicted octanol–water partition coefficient (Wildman–Crippen LogP) is 4.29. The van der Waals surface area contributed by atoms with Crippen molar-refractivity contribution in [3.05, 3.63) is 30.3 Å². The molecule has 0 N–H and O–H groups in total. The van der Waals surface area contributed by atoms with Gasteiger partial charge in [-0.1, -0.05) is 25.1 Å². The summed E-state index contributed by atoms with van der Waals surface area (Å²) >= 11 is 0. The zero-order chi connectivity index (χ0) is 19.9. The molecule has 2 heterocycles. The van der Waals surface area contributed by atoms with Gasteiger partial charge in [0.1, 0.15) is 5.60 Å². The number of hydrogen-bond acceptors (Lipinski definition) is 5. The number of carbonyl (C=O) groups is 2. The van der Waals surface area contributed by atoms with Crippen LogP contribution in [0.25, 0.3) is 0 Å². The maximum atomic E-state index is 12.9. The Kier molecular flexibility index (Phi) is 5.08. The Morgan fingerprint density at radius 3 is 2.15 bits per heavy atom. The summed E-state index contributed by atoms with van der Waals surface area (Å²) in [5.74, 6) is -0.216. The molecule has 0 aliphatic carbocycles. The maximum absolute atomic E-state index is 12.9. The van der Waals surface area contributed by atoms with E-state index in [1.165, 1.54) is 0 Å². The molecule has 0 aromatic heterocycles. The number of hydroxylamine groups is 2. The Labute approximate surface area is 161 Å². The van der Waals surface area contributed by atoms with E-state index in [1.54, 1.807) is 24.3 Å². The van der Waals surface area contributed by atoms with Gasteiger partial charge >= 0.3 is 6.09 Å². The van der Waals surface area contributed by atoms with E-state index >= 15 is 0 Å². The maximum Gasteiger partial charge on any atom is 0.421 e. The zero-order valence-corrected chi connectivity index (χ0v) is 16.9. The number of hydrogen-bond donors (Lipinski definition) is 0. The second-order valence-electron chi connectivity index (χ2n) is 8.90. The van der Waals surface area contributed by atoms with E-state index in [1.807, 2.05) is 11.1 Å². The van der Waals surface area contributed by atoms with Gasteiger partial charge < -0.3 is 4.74 Å². The van der Waals surface area contributed by atoms with Crippen molar-refractivity contribution in [3.63, 3.8) is 0 Å². The van der Waals surface area contributed by atoms with Crippen molar-refractivity contribution >= 4 is 17.7 Å². The number of carbonyl (C=O) groups excluding carboxylic acids is 2. The summed E-state index contributed by atoms with van der Waals surface area (Å²) in [6, 6.07) is 8.94. The van der Waals surface area contributed by atoms with Crippen LogP contribution in [0, 0.1) is 0 Å². The van der Waals surface area contributed by atoms with E-state index in [9.17, 15) is 9.59 Å². The Morgan fingerprint density at radius 2 is 1.63 bits per heavy atom. The average Bonchev–Trinajstić information content (AvgIpc) is 2.52. The molecular formula is C21H30N2O4. The van der Waals surface area contributed by atoms with E-state index in [0.29, 0.717) is 25.1 Å². The number of benzene rings is 1. The van der Waals surface area contributed by atoms with Gasteiger partial charge in [0.05, 0.1) is 18.7 Å². The lowest BCUT2D eigenvalue weighted by atomic mass is 9.70. The summed E-state index contributed by atoms with van der Waals surface area (Å²) in [5.41, 5.74) is -0.998. The van der Waals surface area contributed by atoms with Crippen LogP contribution in [-0.2, 0) is 14.4 Å². The average molecular weight is 374 g/mol. The molecule has 2 fully saturated rings. The van der Waals surface area contributed by atoms with Crippen molar-refractivity contribution in [2.24, 2.45) is 0 Å². The first-order valence-electron chi connectivity index (χ1n) is 9.64. The Bertz CT molecular complexity index is 676. The van der Waals surface area contributed by atoms with Crippen LogP contribution in [0.3, 0.4) is 0 Å². The molecule has 0 bridgehead atoms. The SMILES string of the molecule is CCCON1C(C)(C)CC2(CC(=O)N(c3ccccc3)C(=O)O2)CC1(C)C. The fraction of sp³-hybridized carbons (Fsp3) is 0.619. The van der Waals surface area contributed by atoms with Gasteiger partial charge in [-0.3, -0.25) is 9.63 Å². The summed E-state index contributed by atoms with van der Waals surface area (Å²) in [7, 11) is 0. The lowest BCUT2D eigenvalue weighted by molar-refractivity contribution is -0.305. The lowest BCUT2D eigenvalue weighted by Gasteiger charge is -2.58. The monoisotopic (exact) mass is 374 g/mol. The van der Waals surface area contributed by atoms with Crippen molar-refractivity contribution in [3.8, 4) is 0 Å².